The average Bonchev–Trinajstić information content (AvgIpc) is 2.32. The summed E-state index contributed by atoms with van der Waals surface area (Å²) < 4.78 is 5.53. The first-order valence-corrected chi connectivity index (χ1v) is 6.04. The van der Waals surface area contributed by atoms with Crippen LogP contribution in [0.3, 0.4) is 0 Å². The van der Waals surface area contributed by atoms with Gasteiger partial charge in [0.05, 0.1) is 24.8 Å². The molecule has 2 fully saturated rings. The Morgan fingerprint density at radius 2 is 2.19 bits per heavy atom. The predicted molar refractivity (Wildman–Crippen MR) is 61.2 cm³/mol. The molecule has 0 aromatic rings. The fraction of sp³-hybridized carbons (Fsp3) is 0.909. The standard InChI is InChI=1S/C11H21N3O2/c1-8-7-16-9(2)6-14(8)11(15)10-5-12-3-4-13-10/h8-10,12-13H,3-7H2,1-2H3. The molecule has 3 atom stereocenters. The molecule has 0 aromatic heterocycles. The molecule has 2 N–H and O–H groups in total. The van der Waals surface area contributed by atoms with E-state index in [1.165, 1.54) is 0 Å². The van der Waals surface area contributed by atoms with Gasteiger partial charge in [-0.15, -0.1) is 0 Å². The molecule has 0 spiro atoms. The second-order valence-corrected chi connectivity index (χ2v) is 4.69. The van der Waals surface area contributed by atoms with E-state index in [4.69, 9.17) is 4.74 Å². The summed E-state index contributed by atoms with van der Waals surface area (Å²) in [6, 6.07) is 0.119. The van der Waals surface area contributed by atoms with Gasteiger partial charge < -0.3 is 20.3 Å². The summed E-state index contributed by atoms with van der Waals surface area (Å²) >= 11 is 0. The SMILES string of the molecule is CC1CN(C(=O)C2CNCCN2)C(C)CO1. The third-order valence-electron chi connectivity index (χ3n) is 3.23. The van der Waals surface area contributed by atoms with Crippen LogP contribution in [-0.4, -0.2) is 61.8 Å². The highest BCUT2D eigenvalue weighted by Crippen LogP contribution is 2.12. The molecule has 2 rings (SSSR count). The van der Waals surface area contributed by atoms with Gasteiger partial charge in [-0.05, 0) is 13.8 Å². The third-order valence-corrected chi connectivity index (χ3v) is 3.23. The van der Waals surface area contributed by atoms with Crippen molar-refractivity contribution in [2.45, 2.75) is 32.0 Å². The Bertz CT molecular complexity index is 254. The van der Waals surface area contributed by atoms with Crippen molar-refractivity contribution in [1.29, 1.82) is 0 Å². The molecule has 2 aliphatic heterocycles. The fourth-order valence-electron chi connectivity index (χ4n) is 2.24. The molecule has 2 heterocycles. The van der Waals surface area contributed by atoms with Crippen molar-refractivity contribution in [3.8, 4) is 0 Å². The van der Waals surface area contributed by atoms with Gasteiger partial charge in [-0.3, -0.25) is 4.79 Å². The minimum atomic E-state index is -0.0681. The Morgan fingerprint density at radius 1 is 1.38 bits per heavy atom. The number of ether oxygens (including phenoxy) is 1. The summed E-state index contributed by atoms with van der Waals surface area (Å²) in [5, 5.41) is 6.50. The zero-order valence-corrected chi connectivity index (χ0v) is 10.0. The number of nitrogens with zero attached hydrogens (tertiary/aromatic N) is 1. The van der Waals surface area contributed by atoms with Gasteiger partial charge in [0, 0.05) is 26.2 Å². The van der Waals surface area contributed by atoms with Gasteiger partial charge in [0.25, 0.3) is 0 Å². The van der Waals surface area contributed by atoms with Gasteiger partial charge in [-0.1, -0.05) is 0 Å². The quantitative estimate of drug-likeness (QED) is 0.615. The van der Waals surface area contributed by atoms with Crippen LogP contribution in [0.15, 0.2) is 0 Å². The molecule has 0 aliphatic carbocycles. The lowest BCUT2D eigenvalue weighted by Gasteiger charge is -2.39. The summed E-state index contributed by atoms with van der Waals surface area (Å²) in [5.41, 5.74) is 0. The zero-order chi connectivity index (χ0) is 11.5. The maximum absolute atomic E-state index is 12.3. The van der Waals surface area contributed by atoms with Crippen LogP contribution in [-0.2, 0) is 9.53 Å². The molecular weight excluding hydrogens is 206 g/mol. The summed E-state index contributed by atoms with van der Waals surface area (Å²) in [7, 11) is 0. The zero-order valence-electron chi connectivity index (χ0n) is 10.0. The van der Waals surface area contributed by atoms with Crippen LogP contribution in [0, 0.1) is 0 Å². The first-order chi connectivity index (χ1) is 7.68. The first-order valence-electron chi connectivity index (χ1n) is 6.04. The number of piperazine rings is 1. The molecule has 16 heavy (non-hydrogen) atoms. The molecule has 5 nitrogen and oxygen atoms in total. The lowest BCUT2D eigenvalue weighted by molar-refractivity contribution is -0.145. The summed E-state index contributed by atoms with van der Waals surface area (Å²) in [6.07, 6.45) is 0.150. The van der Waals surface area contributed by atoms with Gasteiger partial charge in [0.1, 0.15) is 0 Å². The molecule has 92 valence electrons. The highest BCUT2D eigenvalue weighted by Gasteiger charge is 2.32. The molecule has 1 amide bonds. The van der Waals surface area contributed by atoms with Crippen LogP contribution in [0.25, 0.3) is 0 Å². The number of carbonyl (C=O) groups is 1. The van der Waals surface area contributed by atoms with Crippen LogP contribution in [0.2, 0.25) is 0 Å². The van der Waals surface area contributed by atoms with Gasteiger partial charge in [-0.25, -0.2) is 0 Å². The van der Waals surface area contributed by atoms with Crippen LogP contribution in [0.4, 0.5) is 0 Å². The van der Waals surface area contributed by atoms with Gasteiger partial charge in [0.2, 0.25) is 5.91 Å². The van der Waals surface area contributed by atoms with Crippen molar-refractivity contribution >= 4 is 5.91 Å². The van der Waals surface area contributed by atoms with Crippen molar-refractivity contribution in [3.05, 3.63) is 0 Å². The van der Waals surface area contributed by atoms with Crippen molar-refractivity contribution in [2.24, 2.45) is 0 Å². The van der Waals surface area contributed by atoms with E-state index in [9.17, 15) is 4.79 Å². The Kier molecular flexibility index (Phi) is 3.78. The Balaban J connectivity index is 1.96. The Morgan fingerprint density at radius 3 is 2.88 bits per heavy atom. The maximum Gasteiger partial charge on any atom is 0.241 e. The molecule has 2 saturated heterocycles. The monoisotopic (exact) mass is 227 g/mol. The topological polar surface area (TPSA) is 53.6 Å². The molecular formula is C11H21N3O2. The molecule has 0 saturated carbocycles. The van der Waals surface area contributed by atoms with Gasteiger partial charge >= 0.3 is 0 Å². The summed E-state index contributed by atoms with van der Waals surface area (Å²) in [4.78, 5) is 14.2. The van der Waals surface area contributed by atoms with Crippen molar-refractivity contribution in [1.82, 2.24) is 15.5 Å². The molecule has 0 aromatic carbocycles. The van der Waals surface area contributed by atoms with E-state index >= 15 is 0 Å². The lowest BCUT2D eigenvalue weighted by atomic mass is 10.1. The van der Waals surface area contributed by atoms with Crippen molar-refractivity contribution in [2.75, 3.05) is 32.8 Å². The highest BCUT2D eigenvalue weighted by molar-refractivity contribution is 5.82. The number of hydrogen-bond donors (Lipinski definition) is 2. The minimum absolute atomic E-state index is 0.0681. The normalized spacial score (nSPS) is 36.1. The minimum Gasteiger partial charge on any atom is -0.375 e. The number of morpholine rings is 1. The molecule has 0 bridgehead atoms. The fourth-order valence-corrected chi connectivity index (χ4v) is 2.24. The van der Waals surface area contributed by atoms with E-state index in [0.717, 1.165) is 19.6 Å². The van der Waals surface area contributed by atoms with Crippen LogP contribution in [0.1, 0.15) is 13.8 Å². The summed E-state index contributed by atoms with van der Waals surface area (Å²) in [6.45, 7) is 7.95. The average molecular weight is 227 g/mol. The van der Waals surface area contributed by atoms with E-state index in [2.05, 4.69) is 10.6 Å². The number of amides is 1. The van der Waals surface area contributed by atoms with E-state index in [1.54, 1.807) is 0 Å². The van der Waals surface area contributed by atoms with E-state index < -0.39 is 0 Å². The number of rotatable bonds is 1. The molecule has 2 aliphatic rings. The van der Waals surface area contributed by atoms with Crippen LogP contribution in [0.5, 0.6) is 0 Å². The molecule has 5 heteroatoms. The second-order valence-electron chi connectivity index (χ2n) is 4.69. The van der Waals surface area contributed by atoms with Crippen molar-refractivity contribution < 1.29 is 9.53 Å². The lowest BCUT2D eigenvalue weighted by Crippen LogP contribution is -2.60. The van der Waals surface area contributed by atoms with E-state index in [0.29, 0.717) is 13.2 Å². The van der Waals surface area contributed by atoms with Gasteiger partial charge in [-0.2, -0.15) is 0 Å². The van der Waals surface area contributed by atoms with Crippen LogP contribution < -0.4 is 10.6 Å². The van der Waals surface area contributed by atoms with Crippen LogP contribution >= 0.6 is 0 Å². The summed E-state index contributed by atoms with van der Waals surface area (Å²) in [5.74, 6) is 0.204. The highest BCUT2D eigenvalue weighted by atomic mass is 16.5. The Hall–Kier alpha value is -0.650. The number of carbonyl (C=O) groups excluding carboxylic acids is 1. The molecule has 0 radical (unpaired) electrons. The second kappa shape index (κ2) is 5.12. The third kappa shape index (κ3) is 2.53. The molecule has 3 unspecified atom stereocenters. The van der Waals surface area contributed by atoms with E-state index in [1.807, 2.05) is 18.7 Å². The Labute approximate surface area is 96.5 Å². The predicted octanol–water partition coefficient (Wildman–Crippen LogP) is -0.816. The smallest absolute Gasteiger partial charge is 0.241 e. The largest absolute Gasteiger partial charge is 0.375 e. The number of hydrogen-bond acceptors (Lipinski definition) is 4. The number of nitrogens with one attached hydrogen (secondary N) is 2. The van der Waals surface area contributed by atoms with E-state index in [-0.39, 0.29) is 24.1 Å². The van der Waals surface area contributed by atoms with Crippen molar-refractivity contribution in [3.63, 3.8) is 0 Å². The first kappa shape index (κ1) is 11.8. The maximum atomic E-state index is 12.3. The van der Waals surface area contributed by atoms with Gasteiger partial charge in [0.15, 0.2) is 0 Å².